The van der Waals surface area contributed by atoms with E-state index >= 15 is 0 Å². The summed E-state index contributed by atoms with van der Waals surface area (Å²) in [5, 5.41) is 7.90. The van der Waals surface area contributed by atoms with E-state index in [2.05, 4.69) is 38.5 Å². The number of carbonyl (C=O) groups excluding carboxylic acids is 5. The van der Waals surface area contributed by atoms with Crippen LogP contribution in [0.3, 0.4) is 0 Å². The summed E-state index contributed by atoms with van der Waals surface area (Å²) in [7, 11) is 1.57. The van der Waals surface area contributed by atoms with Gasteiger partial charge in [0.25, 0.3) is 0 Å². The Morgan fingerprint density at radius 1 is 0.909 bits per heavy atom. The van der Waals surface area contributed by atoms with E-state index in [1.807, 2.05) is 48.5 Å². The van der Waals surface area contributed by atoms with E-state index in [1.54, 1.807) is 27.9 Å². The molecule has 4 rings (SSSR count). The van der Waals surface area contributed by atoms with Gasteiger partial charge in [0.05, 0.1) is 39.1 Å². The number of alkyl carbamates (subject to hydrolysis) is 2. The number of nitrogens with zero attached hydrogens (tertiary/aromatic N) is 2. The van der Waals surface area contributed by atoms with Crippen LogP contribution in [0.4, 0.5) is 14.4 Å². The number of hydrogen-bond donors (Lipinski definition) is 3. The SMILES string of the molecule is COCCOCCOC[C@@H](CN(CC(=O)OCCI)C(=O)CN1C=CC(NC(=O)OC(C)(C)C)NC1=O)NC(=O)OCC1c2ccccc2-c2ccccc21. The van der Waals surface area contributed by atoms with Crippen LogP contribution in [-0.2, 0) is 38.0 Å². The van der Waals surface area contributed by atoms with Crippen LogP contribution in [0, 0.1) is 0 Å². The molecule has 0 fully saturated rings. The maximum atomic E-state index is 13.8. The molecule has 2 aromatic rings. The van der Waals surface area contributed by atoms with Crippen molar-refractivity contribution in [1.82, 2.24) is 25.8 Å². The van der Waals surface area contributed by atoms with Crippen LogP contribution in [0.15, 0.2) is 60.8 Å². The van der Waals surface area contributed by atoms with Crippen LogP contribution in [0.1, 0.15) is 37.8 Å². The standard InChI is InChI=1S/C38H50IN5O11/c1-38(2,3)55-37(49)42-32-13-15-43(35(47)41-32)22-33(45)44(23-34(46)53-16-14-39)21-26(24-52-20-19-51-18-17-50-4)40-36(48)54-25-31-29-11-7-5-9-27(29)28-10-6-8-12-30(28)31/h5-13,15,26,31-32H,14,16-25H2,1-4H3,(H,40,48)(H,41,47)(H,42,49)/t26-,32?/m1/s1. The Bertz CT molecular complexity index is 1610. The highest BCUT2D eigenvalue weighted by Crippen LogP contribution is 2.44. The molecular formula is C38H50IN5O11. The number of alkyl halides is 1. The van der Waals surface area contributed by atoms with Gasteiger partial charge in [0.2, 0.25) is 5.91 Å². The summed E-state index contributed by atoms with van der Waals surface area (Å²) in [4.78, 5) is 67.4. The lowest BCUT2D eigenvalue weighted by molar-refractivity contribution is -0.149. The van der Waals surface area contributed by atoms with Gasteiger partial charge in [-0.25, -0.2) is 14.4 Å². The molecule has 1 heterocycles. The van der Waals surface area contributed by atoms with Crippen LogP contribution in [-0.4, -0.2) is 135 Å². The molecule has 0 bridgehead atoms. The monoisotopic (exact) mass is 879 g/mol. The van der Waals surface area contributed by atoms with Crippen molar-refractivity contribution in [2.45, 2.75) is 44.5 Å². The molecule has 3 N–H and O–H groups in total. The zero-order chi connectivity index (χ0) is 39.8. The average Bonchev–Trinajstić information content (AvgIpc) is 3.46. The lowest BCUT2D eigenvalue weighted by atomic mass is 9.98. The molecule has 2 aromatic carbocycles. The van der Waals surface area contributed by atoms with Crippen LogP contribution < -0.4 is 16.0 Å². The van der Waals surface area contributed by atoms with Crippen LogP contribution in [0.25, 0.3) is 11.1 Å². The van der Waals surface area contributed by atoms with Gasteiger partial charge in [-0.15, -0.1) is 0 Å². The van der Waals surface area contributed by atoms with Crippen molar-refractivity contribution < 1.29 is 52.4 Å². The van der Waals surface area contributed by atoms with Crippen molar-refractivity contribution >= 4 is 52.7 Å². The van der Waals surface area contributed by atoms with E-state index in [9.17, 15) is 24.0 Å². The number of amides is 5. The molecule has 0 aromatic heterocycles. The highest BCUT2D eigenvalue weighted by atomic mass is 127. The number of fused-ring (bicyclic) bond motifs is 3. The summed E-state index contributed by atoms with van der Waals surface area (Å²) < 4.78 is 33.1. The first-order valence-corrected chi connectivity index (χ1v) is 19.4. The molecule has 0 saturated heterocycles. The highest BCUT2D eigenvalue weighted by Gasteiger charge is 2.31. The van der Waals surface area contributed by atoms with Gasteiger partial charge < -0.3 is 44.0 Å². The van der Waals surface area contributed by atoms with Crippen LogP contribution in [0.5, 0.6) is 0 Å². The lowest BCUT2D eigenvalue weighted by Crippen LogP contribution is -2.56. The number of urea groups is 1. The number of halogens is 1. The first-order valence-electron chi connectivity index (χ1n) is 17.9. The number of rotatable bonds is 20. The van der Waals surface area contributed by atoms with Crippen LogP contribution in [0.2, 0.25) is 0 Å². The number of ether oxygens (including phenoxy) is 6. The van der Waals surface area contributed by atoms with E-state index in [-0.39, 0.29) is 45.5 Å². The summed E-state index contributed by atoms with van der Waals surface area (Å²) in [6, 6.07) is 14.4. The maximum absolute atomic E-state index is 13.8. The second kappa shape index (κ2) is 21.6. The molecule has 2 aliphatic rings. The summed E-state index contributed by atoms with van der Waals surface area (Å²) in [5.41, 5.74) is 3.53. The van der Waals surface area contributed by atoms with Crippen molar-refractivity contribution in [3.8, 4) is 11.1 Å². The molecule has 5 amide bonds. The maximum Gasteiger partial charge on any atom is 0.409 e. The van der Waals surface area contributed by atoms with E-state index in [1.165, 1.54) is 17.2 Å². The fraction of sp³-hybridized carbons (Fsp3) is 0.500. The molecule has 17 heteroatoms. The molecule has 0 saturated carbocycles. The quantitative estimate of drug-likeness (QED) is 0.0579. The van der Waals surface area contributed by atoms with Crippen LogP contribution >= 0.6 is 22.6 Å². The topological polar surface area (TPSA) is 183 Å². The molecule has 0 spiro atoms. The molecule has 0 radical (unpaired) electrons. The normalized spacial score (nSPS) is 15.3. The molecule has 55 heavy (non-hydrogen) atoms. The predicted octanol–water partition coefficient (Wildman–Crippen LogP) is 3.77. The van der Waals surface area contributed by atoms with E-state index < -0.39 is 61.0 Å². The van der Waals surface area contributed by atoms with Crippen molar-refractivity contribution in [2.24, 2.45) is 0 Å². The third-order valence-corrected chi connectivity index (χ3v) is 8.66. The molecular weight excluding hydrogens is 829 g/mol. The number of benzene rings is 2. The highest BCUT2D eigenvalue weighted by molar-refractivity contribution is 14.1. The zero-order valence-corrected chi connectivity index (χ0v) is 33.7. The van der Waals surface area contributed by atoms with Crippen molar-refractivity contribution in [3.63, 3.8) is 0 Å². The second-order valence-electron chi connectivity index (χ2n) is 13.6. The van der Waals surface area contributed by atoms with E-state index in [4.69, 9.17) is 28.4 Å². The molecule has 1 unspecified atom stereocenters. The van der Waals surface area contributed by atoms with E-state index in [0.717, 1.165) is 27.2 Å². The number of methoxy groups -OCH3 is 1. The number of carbonyl (C=O) groups is 5. The molecule has 2 atom stereocenters. The Hall–Kier alpha value is -4.46. The number of esters is 1. The Morgan fingerprint density at radius 3 is 2.20 bits per heavy atom. The minimum atomic E-state index is -0.880. The van der Waals surface area contributed by atoms with Gasteiger partial charge in [0.15, 0.2) is 0 Å². The molecule has 300 valence electrons. The van der Waals surface area contributed by atoms with Gasteiger partial charge in [-0.2, -0.15) is 0 Å². The molecule has 1 aliphatic carbocycles. The zero-order valence-electron chi connectivity index (χ0n) is 31.5. The smallest absolute Gasteiger partial charge is 0.409 e. The minimum Gasteiger partial charge on any atom is -0.464 e. The third kappa shape index (κ3) is 14.0. The van der Waals surface area contributed by atoms with Crippen molar-refractivity contribution in [3.05, 3.63) is 71.9 Å². The summed E-state index contributed by atoms with van der Waals surface area (Å²) >= 11 is 2.06. The van der Waals surface area contributed by atoms with Crippen molar-refractivity contribution in [1.29, 1.82) is 0 Å². The van der Waals surface area contributed by atoms with E-state index in [0.29, 0.717) is 17.6 Å². The summed E-state index contributed by atoms with van der Waals surface area (Å²) in [6.07, 6.45) is 0.469. The largest absolute Gasteiger partial charge is 0.464 e. The Kier molecular flexibility index (Phi) is 17.0. The van der Waals surface area contributed by atoms with Crippen molar-refractivity contribution in [2.75, 3.05) is 77.4 Å². The molecule has 1 aliphatic heterocycles. The van der Waals surface area contributed by atoms with Gasteiger partial charge in [-0.05, 0) is 49.1 Å². The average molecular weight is 880 g/mol. The Balaban J connectivity index is 1.44. The summed E-state index contributed by atoms with van der Waals surface area (Å²) in [5.74, 6) is -1.46. The van der Waals surface area contributed by atoms with Gasteiger partial charge in [0, 0.05) is 30.2 Å². The molecule has 16 nitrogen and oxygen atoms in total. The Labute approximate surface area is 334 Å². The lowest BCUT2D eigenvalue weighted by Gasteiger charge is -2.31. The first kappa shape index (κ1) is 43.3. The Morgan fingerprint density at radius 2 is 1.56 bits per heavy atom. The van der Waals surface area contributed by atoms with Gasteiger partial charge in [-0.1, -0.05) is 71.1 Å². The van der Waals surface area contributed by atoms with Gasteiger partial charge >= 0.3 is 24.2 Å². The first-order chi connectivity index (χ1) is 26.4. The second-order valence-corrected chi connectivity index (χ2v) is 14.7. The third-order valence-electron chi connectivity index (χ3n) is 8.22. The fourth-order valence-corrected chi connectivity index (χ4v) is 6.04. The number of hydrogen-bond acceptors (Lipinski definition) is 11. The fourth-order valence-electron chi connectivity index (χ4n) is 5.82. The van der Waals surface area contributed by atoms with Gasteiger partial charge in [0.1, 0.15) is 38.1 Å². The van der Waals surface area contributed by atoms with Gasteiger partial charge in [-0.3, -0.25) is 19.8 Å². The summed E-state index contributed by atoms with van der Waals surface area (Å²) in [6.45, 7) is 5.38. The predicted molar refractivity (Wildman–Crippen MR) is 209 cm³/mol. The number of nitrogens with one attached hydrogen (secondary N) is 3. The minimum absolute atomic E-state index is 0.0617.